The Kier molecular flexibility index (Phi) is 7.92. The third-order valence-electron chi connectivity index (χ3n) is 5.75. The van der Waals surface area contributed by atoms with Gasteiger partial charge in [-0.2, -0.15) is 0 Å². The summed E-state index contributed by atoms with van der Waals surface area (Å²) in [5, 5.41) is 8.32. The molecule has 2 aromatic heterocycles. The minimum absolute atomic E-state index is 0.114. The molecule has 0 radical (unpaired) electrons. The van der Waals surface area contributed by atoms with Gasteiger partial charge in [0.05, 0.1) is 11.3 Å². The number of rotatable bonds is 11. The van der Waals surface area contributed by atoms with Crippen LogP contribution in [-0.2, 0) is 23.0 Å². The van der Waals surface area contributed by atoms with Crippen LogP contribution >= 0.6 is 11.3 Å². The first-order valence-electron chi connectivity index (χ1n) is 12.0. The second kappa shape index (κ2) is 11.7. The van der Waals surface area contributed by atoms with Gasteiger partial charge < -0.3 is 15.4 Å². The van der Waals surface area contributed by atoms with E-state index in [4.69, 9.17) is 4.74 Å². The van der Waals surface area contributed by atoms with Crippen LogP contribution in [0.3, 0.4) is 0 Å². The van der Waals surface area contributed by atoms with Crippen LogP contribution in [0.5, 0.6) is 5.75 Å². The summed E-state index contributed by atoms with van der Waals surface area (Å²) in [6, 6.07) is 23.8. The molecular formula is C28H27N5O3S2. The van der Waals surface area contributed by atoms with E-state index < -0.39 is 9.84 Å². The van der Waals surface area contributed by atoms with Gasteiger partial charge >= 0.3 is 0 Å². The number of anilines is 2. The second-order valence-electron chi connectivity index (χ2n) is 8.82. The van der Waals surface area contributed by atoms with Crippen molar-refractivity contribution < 1.29 is 13.2 Å². The zero-order chi connectivity index (χ0) is 26.4. The van der Waals surface area contributed by atoms with Gasteiger partial charge in [0.25, 0.3) is 0 Å². The van der Waals surface area contributed by atoms with Crippen LogP contribution in [0, 0.1) is 0 Å². The van der Waals surface area contributed by atoms with Crippen LogP contribution in [0.25, 0.3) is 21.5 Å². The fourth-order valence-corrected chi connectivity index (χ4v) is 5.19. The monoisotopic (exact) mass is 545 g/mol. The van der Waals surface area contributed by atoms with Crippen LogP contribution in [-0.4, -0.2) is 41.9 Å². The van der Waals surface area contributed by atoms with Crippen molar-refractivity contribution in [3.05, 3.63) is 95.8 Å². The number of sulfone groups is 1. The largest absolute Gasteiger partial charge is 0.489 e. The molecular weight excluding hydrogens is 518 g/mol. The number of fused-ring (bicyclic) bond motifs is 1. The molecule has 2 heterocycles. The Balaban J connectivity index is 1.27. The maximum absolute atomic E-state index is 11.3. The summed E-state index contributed by atoms with van der Waals surface area (Å²) in [5.41, 5.74) is 3.80. The first-order chi connectivity index (χ1) is 18.4. The summed E-state index contributed by atoms with van der Waals surface area (Å²) in [6.07, 6.45) is 4.60. The number of thiazole rings is 1. The van der Waals surface area contributed by atoms with E-state index in [1.54, 1.807) is 17.7 Å². The van der Waals surface area contributed by atoms with E-state index in [-0.39, 0.29) is 5.75 Å². The van der Waals surface area contributed by atoms with Crippen molar-refractivity contribution >= 4 is 43.6 Å². The first kappa shape index (κ1) is 25.8. The summed E-state index contributed by atoms with van der Waals surface area (Å²) in [6.45, 7) is 1.50. The van der Waals surface area contributed by atoms with Crippen LogP contribution in [0.2, 0.25) is 0 Å². The number of benzene rings is 3. The summed E-state index contributed by atoms with van der Waals surface area (Å²) in [5.74, 6) is 1.61. The predicted molar refractivity (Wildman–Crippen MR) is 153 cm³/mol. The fraction of sp³-hybridized carbons (Fsp3) is 0.179. The van der Waals surface area contributed by atoms with Gasteiger partial charge in [-0.25, -0.2) is 23.4 Å². The lowest BCUT2D eigenvalue weighted by Gasteiger charge is -2.11. The normalized spacial score (nSPS) is 11.5. The molecule has 194 valence electrons. The van der Waals surface area contributed by atoms with E-state index in [9.17, 15) is 8.42 Å². The standard InChI is InChI=1S/C28H27N5O3S2/c1-38(34,35)14-13-29-16-24-17-30-28(37-24)21-7-12-26-25(15-21)27(32-19-31-26)33-22-8-10-23(11-9-22)36-18-20-5-3-2-4-6-20/h2-12,15,17,19,29H,13-14,16,18H2,1H3,(H,31,32,33). The molecule has 0 aliphatic carbocycles. The third-order valence-corrected chi connectivity index (χ3v) is 7.74. The minimum atomic E-state index is -2.98. The summed E-state index contributed by atoms with van der Waals surface area (Å²) in [7, 11) is -2.98. The smallest absolute Gasteiger partial charge is 0.148 e. The van der Waals surface area contributed by atoms with E-state index in [1.807, 2.05) is 79.0 Å². The Labute approximate surface area is 225 Å². The molecule has 0 atom stereocenters. The van der Waals surface area contributed by atoms with Crippen LogP contribution < -0.4 is 15.4 Å². The van der Waals surface area contributed by atoms with Gasteiger partial charge in [0.1, 0.15) is 39.3 Å². The Morgan fingerprint density at radius 2 is 1.76 bits per heavy atom. The van der Waals surface area contributed by atoms with Crippen molar-refractivity contribution in [2.75, 3.05) is 23.9 Å². The molecule has 2 N–H and O–H groups in total. The van der Waals surface area contributed by atoms with Gasteiger partial charge in [-0.15, -0.1) is 11.3 Å². The van der Waals surface area contributed by atoms with E-state index in [0.717, 1.165) is 43.4 Å². The zero-order valence-electron chi connectivity index (χ0n) is 20.8. The molecule has 0 spiro atoms. The highest BCUT2D eigenvalue weighted by Crippen LogP contribution is 2.31. The molecule has 0 aliphatic heterocycles. The number of hydrogen-bond donors (Lipinski definition) is 2. The summed E-state index contributed by atoms with van der Waals surface area (Å²) in [4.78, 5) is 14.5. The van der Waals surface area contributed by atoms with Crippen molar-refractivity contribution in [2.24, 2.45) is 0 Å². The number of nitrogens with one attached hydrogen (secondary N) is 2. The quantitative estimate of drug-likeness (QED) is 0.218. The fourth-order valence-electron chi connectivity index (χ4n) is 3.79. The lowest BCUT2D eigenvalue weighted by molar-refractivity contribution is 0.306. The highest BCUT2D eigenvalue weighted by molar-refractivity contribution is 7.90. The van der Waals surface area contributed by atoms with Gasteiger partial charge in [-0.1, -0.05) is 30.3 Å². The lowest BCUT2D eigenvalue weighted by atomic mass is 10.1. The Hall–Kier alpha value is -3.86. The summed E-state index contributed by atoms with van der Waals surface area (Å²) < 4.78 is 28.5. The molecule has 38 heavy (non-hydrogen) atoms. The van der Waals surface area contributed by atoms with Crippen LogP contribution in [0.15, 0.2) is 85.3 Å². The molecule has 0 saturated heterocycles. The Morgan fingerprint density at radius 3 is 2.55 bits per heavy atom. The molecule has 8 nitrogen and oxygen atoms in total. The van der Waals surface area contributed by atoms with Crippen molar-refractivity contribution in [3.8, 4) is 16.3 Å². The maximum atomic E-state index is 11.3. The Morgan fingerprint density at radius 1 is 0.947 bits per heavy atom. The molecule has 0 aliphatic rings. The highest BCUT2D eigenvalue weighted by Gasteiger charge is 2.10. The number of hydrogen-bond acceptors (Lipinski definition) is 9. The molecule has 5 aromatic rings. The molecule has 0 fully saturated rings. The molecule has 0 amide bonds. The van der Waals surface area contributed by atoms with Gasteiger partial charge in [0.15, 0.2) is 0 Å². The molecule has 10 heteroatoms. The average Bonchev–Trinajstić information content (AvgIpc) is 3.40. The van der Waals surface area contributed by atoms with Crippen molar-refractivity contribution in [3.63, 3.8) is 0 Å². The van der Waals surface area contributed by atoms with E-state index >= 15 is 0 Å². The van der Waals surface area contributed by atoms with Gasteiger partial charge in [-0.3, -0.25) is 0 Å². The lowest BCUT2D eigenvalue weighted by Crippen LogP contribution is -2.21. The van der Waals surface area contributed by atoms with Crippen molar-refractivity contribution in [2.45, 2.75) is 13.2 Å². The SMILES string of the molecule is CS(=O)(=O)CCNCc1cnc(-c2ccc3ncnc(Nc4ccc(OCc5ccccc5)cc4)c3c2)s1. The van der Waals surface area contributed by atoms with Gasteiger partial charge in [-0.05, 0) is 48.0 Å². The molecule has 0 unspecified atom stereocenters. The highest BCUT2D eigenvalue weighted by atomic mass is 32.2. The molecule has 5 rings (SSSR count). The first-order valence-corrected chi connectivity index (χ1v) is 14.9. The van der Waals surface area contributed by atoms with Gasteiger partial charge in [0, 0.05) is 47.1 Å². The topological polar surface area (TPSA) is 106 Å². The molecule has 0 bridgehead atoms. The maximum Gasteiger partial charge on any atom is 0.148 e. The second-order valence-corrected chi connectivity index (χ2v) is 12.2. The van der Waals surface area contributed by atoms with Crippen LogP contribution in [0.1, 0.15) is 10.4 Å². The van der Waals surface area contributed by atoms with Crippen LogP contribution in [0.4, 0.5) is 11.5 Å². The Bertz CT molecular complexity index is 1620. The molecule has 0 saturated carbocycles. The van der Waals surface area contributed by atoms with Crippen molar-refractivity contribution in [1.82, 2.24) is 20.3 Å². The zero-order valence-corrected chi connectivity index (χ0v) is 22.4. The van der Waals surface area contributed by atoms with E-state index in [1.165, 1.54) is 6.26 Å². The van der Waals surface area contributed by atoms with E-state index in [2.05, 4.69) is 25.6 Å². The third kappa shape index (κ3) is 6.91. The number of ether oxygens (including phenoxy) is 1. The average molecular weight is 546 g/mol. The minimum Gasteiger partial charge on any atom is -0.489 e. The molecule has 3 aromatic carbocycles. The van der Waals surface area contributed by atoms with E-state index in [0.29, 0.717) is 25.5 Å². The van der Waals surface area contributed by atoms with Gasteiger partial charge in [0.2, 0.25) is 0 Å². The number of aromatic nitrogens is 3. The predicted octanol–water partition coefficient (Wildman–Crippen LogP) is 5.21. The van der Waals surface area contributed by atoms with Crippen molar-refractivity contribution in [1.29, 1.82) is 0 Å². The summed E-state index contributed by atoms with van der Waals surface area (Å²) >= 11 is 1.57. The number of nitrogens with zero attached hydrogens (tertiary/aromatic N) is 3.